The smallest absolute Gasteiger partial charge is 0.206 e. The molecule has 5 nitrogen and oxygen atoms in total. The molecule has 0 spiro atoms. The third-order valence-corrected chi connectivity index (χ3v) is 6.02. The van der Waals surface area contributed by atoms with E-state index < -0.39 is 0 Å². The minimum atomic E-state index is 0.117. The van der Waals surface area contributed by atoms with Crippen LogP contribution in [0.5, 0.6) is 0 Å². The van der Waals surface area contributed by atoms with Crippen LogP contribution in [0.3, 0.4) is 0 Å². The van der Waals surface area contributed by atoms with Gasteiger partial charge in [0.1, 0.15) is 5.69 Å². The van der Waals surface area contributed by atoms with E-state index in [0.29, 0.717) is 0 Å². The fourth-order valence-electron chi connectivity index (χ4n) is 3.46. The SMILES string of the molecule is CCc1cc2nc3ccc(N4CCOCC4)cc3sc-2c(N(C)C)c1=O. The van der Waals surface area contributed by atoms with Crippen molar-refractivity contribution in [2.45, 2.75) is 13.3 Å². The molecule has 0 saturated carbocycles. The minimum absolute atomic E-state index is 0.117. The van der Waals surface area contributed by atoms with Gasteiger partial charge >= 0.3 is 0 Å². The lowest BCUT2D eigenvalue weighted by Crippen LogP contribution is -2.36. The Morgan fingerprint density at radius 1 is 1.23 bits per heavy atom. The highest BCUT2D eigenvalue weighted by molar-refractivity contribution is 7.22. The second-order valence-electron chi connectivity index (χ2n) is 6.77. The predicted octanol–water partition coefficient (Wildman–Crippen LogP) is 3.23. The van der Waals surface area contributed by atoms with Crippen molar-refractivity contribution in [3.8, 4) is 10.6 Å². The Morgan fingerprint density at radius 2 is 2.00 bits per heavy atom. The Kier molecular flexibility index (Phi) is 4.54. The zero-order valence-corrected chi connectivity index (χ0v) is 16.2. The van der Waals surface area contributed by atoms with Crippen molar-refractivity contribution in [2.24, 2.45) is 0 Å². The summed E-state index contributed by atoms with van der Waals surface area (Å²) in [4.78, 5) is 22.9. The zero-order chi connectivity index (χ0) is 18.3. The molecule has 1 aliphatic carbocycles. The second kappa shape index (κ2) is 6.85. The van der Waals surface area contributed by atoms with E-state index in [4.69, 9.17) is 9.72 Å². The van der Waals surface area contributed by atoms with Crippen molar-refractivity contribution in [1.29, 1.82) is 0 Å². The third kappa shape index (κ3) is 2.93. The van der Waals surface area contributed by atoms with Crippen molar-refractivity contribution in [3.05, 3.63) is 40.1 Å². The van der Waals surface area contributed by atoms with Gasteiger partial charge in [-0.05, 0) is 30.7 Å². The molecule has 0 amide bonds. The average Bonchev–Trinajstić information content (AvgIpc) is 2.66. The van der Waals surface area contributed by atoms with Crippen LogP contribution < -0.4 is 15.2 Å². The van der Waals surface area contributed by atoms with Crippen molar-refractivity contribution in [3.63, 3.8) is 0 Å². The summed E-state index contributed by atoms with van der Waals surface area (Å²) in [5.74, 6) is 0. The lowest BCUT2D eigenvalue weighted by atomic mass is 10.1. The van der Waals surface area contributed by atoms with Crippen LogP contribution in [0.2, 0.25) is 0 Å². The second-order valence-corrected chi connectivity index (χ2v) is 7.83. The first-order valence-electron chi connectivity index (χ1n) is 8.99. The highest BCUT2D eigenvalue weighted by atomic mass is 32.1. The van der Waals surface area contributed by atoms with Crippen molar-refractivity contribution in [1.82, 2.24) is 4.98 Å². The van der Waals surface area contributed by atoms with Gasteiger partial charge in [0.05, 0.1) is 34.0 Å². The van der Waals surface area contributed by atoms with Gasteiger partial charge in [-0.15, -0.1) is 11.3 Å². The summed E-state index contributed by atoms with van der Waals surface area (Å²) in [6, 6.07) is 8.36. The summed E-state index contributed by atoms with van der Waals surface area (Å²) < 4.78 is 6.56. The molecule has 0 atom stereocenters. The van der Waals surface area contributed by atoms with Crippen LogP contribution >= 0.6 is 11.3 Å². The van der Waals surface area contributed by atoms with Crippen molar-refractivity contribution < 1.29 is 4.74 Å². The number of aryl methyl sites for hydroxylation is 1. The molecule has 0 N–H and O–H groups in total. The molecule has 4 rings (SSSR count). The molecule has 1 aromatic carbocycles. The predicted molar refractivity (Wildman–Crippen MR) is 109 cm³/mol. The van der Waals surface area contributed by atoms with Gasteiger partial charge in [0, 0.05) is 38.4 Å². The average molecular weight is 369 g/mol. The zero-order valence-electron chi connectivity index (χ0n) is 15.4. The number of hydrogen-bond acceptors (Lipinski definition) is 6. The van der Waals surface area contributed by atoms with Crippen LogP contribution in [-0.4, -0.2) is 45.4 Å². The van der Waals surface area contributed by atoms with Crippen molar-refractivity contribution >= 4 is 32.9 Å². The Morgan fingerprint density at radius 3 is 2.69 bits per heavy atom. The maximum Gasteiger partial charge on any atom is 0.206 e. The largest absolute Gasteiger partial charge is 0.378 e. The lowest BCUT2D eigenvalue weighted by molar-refractivity contribution is 0.122. The number of rotatable bonds is 3. The van der Waals surface area contributed by atoms with Gasteiger partial charge in [0.25, 0.3) is 0 Å². The fraction of sp³-hybridized carbons (Fsp3) is 0.400. The number of nitrogens with zero attached hydrogens (tertiary/aromatic N) is 3. The molecule has 136 valence electrons. The standard InChI is InChI=1S/C20H23N3O2S/c1-4-13-11-16-20(18(19(13)24)22(2)3)26-17-12-14(5-6-15(17)21-16)23-7-9-25-10-8-23/h5-6,11-12H,4,7-10H2,1-3H3. The highest BCUT2D eigenvalue weighted by Gasteiger charge is 2.20. The summed E-state index contributed by atoms with van der Waals surface area (Å²) >= 11 is 1.66. The highest BCUT2D eigenvalue weighted by Crippen LogP contribution is 2.37. The van der Waals surface area contributed by atoms with Crippen LogP contribution in [0, 0.1) is 0 Å². The summed E-state index contributed by atoms with van der Waals surface area (Å²) in [5, 5.41) is 0. The Bertz CT molecular complexity index is 977. The lowest BCUT2D eigenvalue weighted by Gasteiger charge is -2.29. The van der Waals surface area contributed by atoms with Gasteiger partial charge in [0.15, 0.2) is 0 Å². The topological polar surface area (TPSA) is 45.7 Å². The van der Waals surface area contributed by atoms with E-state index in [-0.39, 0.29) is 5.43 Å². The van der Waals surface area contributed by atoms with Gasteiger partial charge in [-0.3, -0.25) is 4.79 Å². The van der Waals surface area contributed by atoms with E-state index in [0.717, 1.165) is 64.8 Å². The first-order chi connectivity index (χ1) is 12.6. The number of ether oxygens (including phenoxy) is 1. The molecule has 1 aromatic rings. The Balaban J connectivity index is 1.92. The van der Waals surface area contributed by atoms with Crippen LogP contribution in [-0.2, 0) is 11.2 Å². The first kappa shape index (κ1) is 17.2. The van der Waals surface area contributed by atoms with Gasteiger partial charge in [0.2, 0.25) is 5.43 Å². The van der Waals surface area contributed by atoms with E-state index >= 15 is 0 Å². The molecule has 6 heteroatoms. The molecule has 0 aromatic heterocycles. The van der Waals surface area contributed by atoms with E-state index in [2.05, 4.69) is 23.1 Å². The minimum Gasteiger partial charge on any atom is -0.378 e. The summed E-state index contributed by atoms with van der Waals surface area (Å²) in [7, 11) is 3.85. The Labute approximate surface area is 157 Å². The maximum absolute atomic E-state index is 12.8. The number of hydrogen-bond donors (Lipinski definition) is 0. The first-order valence-corrected chi connectivity index (χ1v) is 9.80. The molecule has 2 heterocycles. The van der Waals surface area contributed by atoms with Crippen LogP contribution in [0.15, 0.2) is 29.1 Å². The van der Waals surface area contributed by atoms with E-state index in [1.165, 1.54) is 5.69 Å². The molecule has 0 bridgehead atoms. The fourth-order valence-corrected chi connectivity index (χ4v) is 4.66. The number of anilines is 2. The number of aromatic nitrogens is 1. The maximum atomic E-state index is 12.8. The van der Waals surface area contributed by atoms with Crippen LogP contribution in [0.1, 0.15) is 12.5 Å². The van der Waals surface area contributed by atoms with Gasteiger partial charge < -0.3 is 14.5 Å². The molecular formula is C20H23N3O2S. The van der Waals surface area contributed by atoms with Crippen LogP contribution in [0.4, 0.5) is 11.4 Å². The van der Waals surface area contributed by atoms with Gasteiger partial charge in [-0.1, -0.05) is 6.92 Å². The third-order valence-electron chi connectivity index (χ3n) is 4.87. The quantitative estimate of drug-likeness (QED) is 0.664. The number of benzene rings is 2. The Hall–Kier alpha value is -2.18. The van der Waals surface area contributed by atoms with E-state index in [1.807, 2.05) is 32.0 Å². The van der Waals surface area contributed by atoms with Gasteiger partial charge in [-0.2, -0.15) is 0 Å². The van der Waals surface area contributed by atoms with Crippen LogP contribution in [0.25, 0.3) is 20.8 Å². The van der Waals surface area contributed by atoms with E-state index in [1.54, 1.807) is 11.3 Å². The molecule has 1 fully saturated rings. The molecule has 26 heavy (non-hydrogen) atoms. The van der Waals surface area contributed by atoms with Gasteiger partial charge in [-0.25, -0.2) is 4.98 Å². The molecule has 3 aliphatic rings. The normalized spacial score (nSPS) is 15.0. The monoisotopic (exact) mass is 369 g/mol. The molecular weight excluding hydrogens is 346 g/mol. The number of fused-ring (bicyclic) bond motifs is 2. The summed E-state index contributed by atoms with van der Waals surface area (Å²) in [6.45, 7) is 5.36. The van der Waals surface area contributed by atoms with E-state index in [9.17, 15) is 4.79 Å². The summed E-state index contributed by atoms with van der Waals surface area (Å²) in [5.41, 5.74) is 4.76. The molecule has 0 radical (unpaired) electrons. The van der Waals surface area contributed by atoms with Crippen molar-refractivity contribution in [2.75, 3.05) is 50.2 Å². The summed E-state index contributed by atoms with van der Waals surface area (Å²) in [6.07, 6.45) is 0.718. The molecule has 2 aliphatic heterocycles. The molecule has 0 unspecified atom stereocenters. The molecule has 1 saturated heterocycles. The number of morpholine rings is 1.